The van der Waals surface area contributed by atoms with Gasteiger partial charge >= 0.3 is 0 Å². The summed E-state index contributed by atoms with van der Waals surface area (Å²) in [6.45, 7) is 2.39. The first-order chi connectivity index (χ1) is 14.6. The lowest BCUT2D eigenvalue weighted by atomic mass is 10.3. The standard InChI is InChI=1S/C10H11FN2.C9H8N6O2/c11-9-2-10(4-12-3-9)13-5-7-1-8(7)6-13;1-14-4-11-8-7(14)9(16)15(5-12-8)2-6-10-3-13-17-6/h2-4,7-8H,1,5-6H2;3-5H,2H2,1H3/t7-,8+;. The average molecular weight is 410 g/mol. The third kappa shape index (κ3) is 3.53. The van der Waals surface area contributed by atoms with Gasteiger partial charge < -0.3 is 14.0 Å². The molecule has 0 amide bonds. The van der Waals surface area contributed by atoms with E-state index >= 15 is 0 Å². The minimum absolute atomic E-state index is 0.187. The number of aromatic nitrogens is 7. The highest BCUT2D eigenvalue weighted by Gasteiger charge is 2.45. The fourth-order valence-corrected chi connectivity index (χ4v) is 3.78. The number of nitrogens with zero attached hydrogens (tertiary/aromatic N) is 8. The Morgan fingerprint density at radius 3 is 2.70 bits per heavy atom. The van der Waals surface area contributed by atoms with Gasteiger partial charge in [-0.2, -0.15) is 4.98 Å². The molecule has 4 aromatic rings. The molecule has 0 spiro atoms. The molecule has 1 aliphatic carbocycles. The quantitative estimate of drug-likeness (QED) is 0.496. The molecule has 0 radical (unpaired) electrons. The zero-order valence-electron chi connectivity index (χ0n) is 16.2. The van der Waals surface area contributed by atoms with E-state index in [9.17, 15) is 9.18 Å². The van der Waals surface area contributed by atoms with E-state index in [1.54, 1.807) is 30.2 Å². The Morgan fingerprint density at radius 2 is 1.97 bits per heavy atom. The molecule has 5 heterocycles. The summed E-state index contributed by atoms with van der Waals surface area (Å²) in [5.74, 6) is 1.88. The molecular formula is C19H19FN8O2. The van der Waals surface area contributed by atoms with E-state index in [4.69, 9.17) is 4.52 Å². The Morgan fingerprint density at radius 1 is 1.17 bits per heavy atom. The SMILES string of the molecule is Cn1cnc2ncn(Cc3ncno3)c(=O)c21.Fc1cncc(N2C[C@H]3C[C@H]3C2)c1. The largest absolute Gasteiger partial charge is 0.370 e. The maximum absolute atomic E-state index is 12.8. The second-order valence-corrected chi connectivity index (χ2v) is 7.56. The fourth-order valence-electron chi connectivity index (χ4n) is 3.78. The van der Waals surface area contributed by atoms with Crippen molar-refractivity contribution >= 4 is 16.9 Å². The highest BCUT2D eigenvalue weighted by Crippen LogP contribution is 2.46. The van der Waals surface area contributed by atoms with Crippen LogP contribution in [-0.4, -0.2) is 47.3 Å². The van der Waals surface area contributed by atoms with Gasteiger partial charge in [0.1, 0.15) is 18.7 Å². The van der Waals surface area contributed by atoms with Gasteiger partial charge in [0.05, 0.1) is 24.4 Å². The number of imidazole rings is 1. The first-order valence-electron chi connectivity index (χ1n) is 9.56. The van der Waals surface area contributed by atoms with E-state index in [1.165, 1.54) is 29.8 Å². The molecule has 6 rings (SSSR count). The summed E-state index contributed by atoms with van der Waals surface area (Å²) >= 11 is 0. The number of piperidine rings is 1. The van der Waals surface area contributed by atoms with Gasteiger partial charge in [-0.25, -0.2) is 14.4 Å². The summed E-state index contributed by atoms with van der Waals surface area (Å²) in [7, 11) is 1.75. The molecule has 1 aliphatic heterocycles. The molecule has 2 aliphatic rings. The third-order valence-electron chi connectivity index (χ3n) is 5.45. The molecule has 4 aromatic heterocycles. The van der Waals surface area contributed by atoms with Gasteiger partial charge in [-0.05, 0) is 18.3 Å². The number of aryl methyl sites for hydroxylation is 1. The lowest BCUT2D eigenvalue weighted by Crippen LogP contribution is -2.22. The van der Waals surface area contributed by atoms with Crippen molar-refractivity contribution in [3.05, 3.63) is 59.5 Å². The van der Waals surface area contributed by atoms with Crippen molar-refractivity contribution in [2.45, 2.75) is 13.0 Å². The van der Waals surface area contributed by atoms with Crippen molar-refractivity contribution in [1.82, 2.24) is 34.2 Å². The fraction of sp³-hybridized carbons (Fsp3) is 0.368. The van der Waals surface area contributed by atoms with Gasteiger partial charge in [0, 0.05) is 26.2 Å². The summed E-state index contributed by atoms with van der Waals surface area (Å²) in [4.78, 5) is 30.1. The Kier molecular flexibility index (Phi) is 4.49. The van der Waals surface area contributed by atoms with Crippen LogP contribution in [0.25, 0.3) is 11.2 Å². The molecule has 30 heavy (non-hydrogen) atoms. The normalized spacial score (nSPS) is 19.5. The molecule has 2 fully saturated rings. The van der Waals surface area contributed by atoms with Crippen LogP contribution in [0.15, 0.2) is 46.8 Å². The maximum atomic E-state index is 12.8. The Labute approximate surface area is 170 Å². The van der Waals surface area contributed by atoms with Crippen LogP contribution in [0.1, 0.15) is 12.3 Å². The molecule has 0 unspecified atom stereocenters. The summed E-state index contributed by atoms with van der Waals surface area (Å²) in [5.41, 5.74) is 1.63. The van der Waals surface area contributed by atoms with Crippen molar-refractivity contribution in [2.75, 3.05) is 18.0 Å². The Balaban J connectivity index is 0.000000133. The monoisotopic (exact) mass is 410 g/mol. The van der Waals surface area contributed by atoms with Crippen molar-refractivity contribution < 1.29 is 8.91 Å². The number of pyridine rings is 1. The van der Waals surface area contributed by atoms with Crippen LogP contribution in [0.4, 0.5) is 10.1 Å². The first-order valence-corrected chi connectivity index (χ1v) is 9.56. The number of halogens is 1. The van der Waals surface area contributed by atoms with E-state index in [0.717, 1.165) is 30.6 Å². The highest BCUT2D eigenvalue weighted by molar-refractivity contribution is 5.68. The molecule has 10 nitrogen and oxygen atoms in total. The molecular weight excluding hydrogens is 391 g/mol. The lowest BCUT2D eigenvalue weighted by molar-refractivity contribution is 0.368. The van der Waals surface area contributed by atoms with Gasteiger partial charge in [-0.1, -0.05) is 5.16 Å². The summed E-state index contributed by atoms with van der Waals surface area (Å²) in [5, 5.41) is 3.48. The second kappa shape index (κ2) is 7.32. The van der Waals surface area contributed by atoms with Crippen LogP contribution in [0.2, 0.25) is 0 Å². The zero-order valence-corrected chi connectivity index (χ0v) is 16.2. The number of anilines is 1. The van der Waals surface area contributed by atoms with Crippen LogP contribution in [0.3, 0.4) is 0 Å². The van der Waals surface area contributed by atoms with Crippen molar-refractivity contribution in [3.8, 4) is 0 Å². The van der Waals surface area contributed by atoms with Crippen LogP contribution in [-0.2, 0) is 13.6 Å². The molecule has 0 N–H and O–H groups in total. The molecule has 1 saturated heterocycles. The lowest BCUT2D eigenvalue weighted by Gasteiger charge is -2.19. The third-order valence-corrected chi connectivity index (χ3v) is 5.45. The number of fused-ring (bicyclic) bond motifs is 2. The van der Waals surface area contributed by atoms with Gasteiger partial charge in [0.15, 0.2) is 17.5 Å². The van der Waals surface area contributed by atoms with Crippen LogP contribution >= 0.6 is 0 Å². The minimum Gasteiger partial charge on any atom is -0.370 e. The molecule has 0 bridgehead atoms. The molecule has 2 atom stereocenters. The average Bonchev–Trinajstić information content (AvgIpc) is 3.14. The Hall–Kier alpha value is -3.63. The predicted octanol–water partition coefficient (Wildman–Crippen LogP) is 1.24. The number of hydrogen-bond acceptors (Lipinski definition) is 8. The van der Waals surface area contributed by atoms with Crippen LogP contribution < -0.4 is 10.5 Å². The van der Waals surface area contributed by atoms with E-state index in [2.05, 4.69) is 30.0 Å². The van der Waals surface area contributed by atoms with Crippen LogP contribution in [0.5, 0.6) is 0 Å². The van der Waals surface area contributed by atoms with Gasteiger partial charge in [0.25, 0.3) is 5.56 Å². The van der Waals surface area contributed by atoms with E-state index in [0.29, 0.717) is 17.1 Å². The maximum Gasteiger partial charge on any atom is 0.280 e. The Bertz CT molecular complexity index is 1230. The molecule has 0 aromatic carbocycles. The minimum atomic E-state index is -0.238. The van der Waals surface area contributed by atoms with Crippen molar-refractivity contribution in [2.24, 2.45) is 18.9 Å². The van der Waals surface area contributed by atoms with Crippen LogP contribution in [0, 0.1) is 17.7 Å². The molecule has 1 saturated carbocycles. The van der Waals surface area contributed by atoms with Crippen molar-refractivity contribution in [1.29, 1.82) is 0 Å². The highest BCUT2D eigenvalue weighted by atomic mass is 19.1. The summed E-state index contributed by atoms with van der Waals surface area (Å²) in [6.07, 6.45) is 8.63. The number of rotatable bonds is 3. The summed E-state index contributed by atoms with van der Waals surface area (Å²) in [6, 6.07) is 1.57. The number of hydrogen-bond donors (Lipinski definition) is 0. The van der Waals surface area contributed by atoms with Gasteiger partial charge in [0.2, 0.25) is 5.89 Å². The smallest absolute Gasteiger partial charge is 0.280 e. The topological polar surface area (TPSA) is 108 Å². The van der Waals surface area contributed by atoms with E-state index in [1.807, 2.05) is 0 Å². The molecule has 11 heteroatoms. The first kappa shape index (κ1) is 18.4. The summed E-state index contributed by atoms with van der Waals surface area (Å²) < 4.78 is 20.7. The predicted molar refractivity (Wildman–Crippen MR) is 104 cm³/mol. The van der Waals surface area contributed by atoms with E-state index in [-0.39, 0.29) is 17.9 Å². The van der Waals surface area contributed by atoms with Gasteiger partial charge in [-0.15, -0.1) is 0 Å². The molecule has 154 valence electrons. The second-order valence-electron chi connectivity index (χ2n) is 7.56. The van der Waals surface area contributed by atoms with Gasteiger partial charge in [-0.3, -0.25) is 14.3 Å². The van der Waals surface area contributed by atoms with Crippen molar-refractivity contribution in [3.63, 3.8) is 0 Å². The van der Waals surface area contributed by atoms with E-state index < -0.39 is 0 Å². The zero-order chi connectivity index (χ0) is 20.7.